The predicted octanol–water partition coefficient (Wildman–Crippen LogP) is 1.17. The first-order valence-corrected chi connectivity index (χ1v) is 5.11. The van der Waals surface area contributed by atoms with Gasteiger partial charge in [-0.3, -0.25) is 4.68 Å². The summed E-state index contributed by atoms with van der Waals surface area (Å²) in [6.45, 7) is 0. The van der Waals surface area contributed by atoms with Crippen molar-refractivity contribution in [2.45, 2.75) is 0 Å². The minimum absolute atomic E-state index is 0.158. The average Bonchev–Trinajstić information content (AvgIpc) is 2.74. The van der Waals surface area contributed by atoms with Crippen molar-refractivity contribution in [3.8, 4) is 0 Å². The number of carbonyl (C=O) groups is 1. The Labute approximate surface area is 106 Å². The molecular weight excluding hydrogens is 254 g/mol. The van der Waals surface area contributed by atoms with E-state index in [1.54, 1.807) is 13.2 Å². The number of aromatic nitrogens is 3. The Kier molecular flexibility index (Phi) is 3.10. The van der Waals surface area contributed by atoms with Crippen LogP contribution in [0.5, 0.6) is 0 Å². The normalized spacial score (nSPS) is 10.2. The Balaban J connectivity index is 2.39. The molecule has 19 heavy (non-hydrogen) atoms. The second-order valence-corrected chi connectivity index (χ2v) is 3.68. The Hall–Kier alpha value is -2.97. The van der Waals surface area contributed by atoms with E-state index in [1.165, 1.54) is 10.9 Å². The minimum Gasteiger partial charge on any atom is -0.478 e. The second-order valence-electron chi connectivity index (χ2n) is 3.68. The van der Waals surface area contributed by atoms with Gasteiger partial charge in [-0.2, -0.15) is 5.10 Å². The molecule has 9 nitrogen and oxygen atoms in total. The van der Waals surface area contributed by atoms with Gasteiger partial charge in [-0.25, -0.2) is 4.79 Å². The van der Waals surface area contributed by atoms with Crippen LogP contribution < -0.4 is 5.32 Å². The van der Waals surface area contributed by atoms with Crippen molar-refractivity contribution in [2.75, 3.05) is 5.32 Å². The molecule has 0 radical (unpaired) electrons. The lowest BCUT2D eigenvalue weighted by molar-refractivity contribution is -0.389. The van der Waals surface area contributed by atoms with Gasteiger partial charge in [0, 0.05) is 13.2 Å². The molecule has 0 spiro atoms. The van der Waals surface area contributed by atoms with Crippen LogP contribution in [0, 0.1) is 10.1 Å². The monoisotopic (exact) mass is 263 g/mol. The third-order valence-corrected chi connectivity index (χ3v) is 2.29. The summed E-state index contributed by atoms with van der Waals surface area (Å²) in [6, 6.07) is 0.904. The quantitative estimate of drug-likeness (QED) is 0.626. The van der Waals surface area contributed by atoms with E-state index in [2.05, 4.69) is 15.4 Å². The molecule has 98 valence electrons. The van der Waals surface area contributed by atoms with Gasteiger partial charge in [0.05, 0.1) is 29.2 Å². The van der Waals surface area contributed by atoms with Crippen molar-refractivity contribution in [1.82, 2.24) is 14.8 Å². The summed E-state index contributed by atoms with van der Waals surface area (Å²) in [4.78, 5) is 24.5. The molecule has 0 unspecified atom stereocenters. The molecule has 0 aliphatic rings. The molecule has 0 aliphatic carbocycles. The van der Waals surface area contributed by atoms with Gasteiger partial charge in [-0.05, 0) is 9.91 Å². The summed E-state index contributed by atoms with van der Waals surface area (Å²) in [5, 5.41) is 26.3. The predicted molar refractivity (Wildman–Crippen MR) is 64.3 cm³/mol. The number of nitrogens with one attached hydrogen (secondary N) is 1. The highest BCUT2D eigenvalue weighted by Gasteiger charge is 2.18. The first-order valence-electron chi connectivity index (χ1n) is 5.11. The third kappa shape index (κ3) is 2.65. The van der Waals surface area contributed by atoms with E-state index in [4.69, 9.17) is 5.11 Å². The van der Waals surface area contributed by atoms with Crippen LogP contribution in [0.25, 0.3) is 0 Å². The average molecular weight is 263 g/mol. The molecule has 2 aromatic rings. The lowest BCUT2D eigenvalue weighted by Crippen LogP contribution is -2.05. The molecule has 0 fully saturated rings. The van der Waals surface area contributed by atoms with Crippen LogP contribution in [0.1, 0.15) is 10.4 Å². The van der Waals surface area contributed by atoms with E-state index in [1.807, 2.05) is 0 Å². The van der Waals surface area contributed by atoms with Gasteiger partial charge in [0.15, 0.2) is 6.20 Å². The van der Waals surface area contributed by atoms with Crippen molar-refractivity contribution >= 4 is 23.2 Å². The lowest BCUT2D eigenvalue weighted by atomic mass is 10.2. The van der Waals surface area contributed by atoms with Gasteiger partial charge in [0.25, 0.3) is 0 Å². The first-order chi connectivity index (χ1) is 8.97. The highest BCUT2D eigenvalue weighted by atomic mass is 16.6. The summed E-state index contributed by atoms with van der Waals surface area (Å²) >= 11 is 0. The van der Waals surface area contributed by atoms with Crippen molar-refractivity contribution < 1.29 is 14.8 Å². The first kappa shape index (κ1) is 12.5. The molecule has 0 saturated heterocycles. The van der Waals surface area contributed by atoms with Crippen molar-refractivity contribution in [1.29, 1.82) is 0 Å². The van der Waals surface area contributed by atoms with E-state index < -0.39 is 16.7 Å². The Morgan fingerprint density at radius 3 is 2.79 bits per heavy atom. The number of hydrogen-bond donors (Lipinski definition) is 2. The molecular formula is C10H9N5O4. The highest BCUT2D eigenvalue weighted by Crippen LogP contribution is 2.22. The number of aromatic carboxylic acids is 1. The number of hydrogen-bond acceptors (Lipinski definition) is 6. The fourth-order valence-electron chi connectivity index (χ4n) is 1.46. The maximum atomic E-state index is 11.1. The topological polar surface area (TPSA) is 123 Å². The number of rotatable bonds is 4. The molecule has 2 rings (SSSR count). The Morgan fingerprint density at radius 2 is 2.26 bits per heavy atom. The Bertz CT molecular complexity index is 651. The van der Waals surface area contributed by atoms with Crippen molar-refractivity contribution in [3.05, 3.63) is 40.3 Å². The standard InChI is InChI=1S/C10H9N5O4/c1-14-5-6(3-12-14)13-8-4-11-9(15(18)19)2-7(8)10(16)17/h2-5,13H,1H3,(H,16,17). The lowest BCUT2D eigenvalue weighted by Gasteiger charge is -2.05. The molecule has 9 heteroatoms. The molecule has 0 atom stereocenters. The van der Waals surface area contributed by atoms with Crippen LogP contribution in [0.15, 0.2) is 24.7 Å². The van der Waals surface area contributed by atoms with Crippen molar-refractivity contribution in [3.63, 3.8) is 0 Å². The van der Waals surface area contributed by atoms with Gasteiger partial charge in [0.2, 0.25) is 0 Å². The van der Waals surface area contributed by atoms with Crippen LogP contribution >= 0.6 is 0 Å². The van der Waals surface area contributed by atoms with E-state index in [0.29, 0.717) is 5.69 Å². The maximum Gasteiger partial charge on any atom is 0.364 e. The fourth-order valence-corrected chi connectivity index (χ4v) is 1.46. The van der Waals surface area contributed by atoms with E-state index in [0.717, 1.165) is 12.3 Å². The molecule has 2 heterocycles. The smallest absolute Gasteiger partial charge is 0.364 e. The van der Waals surface area contributed by atoms with Gasteiger partial charge in [-0.15, -0.1) is 0 Å². The summed E-state index contributed by atoms with van der Waals surface area (Å²) in [5.74, 6) is -1.80. The number of nitrogens with zero attached hydrogens (tertiary/aromatic N) is 4. The summed E-state index contributed by atoms with van der Waals surface area (Å²) in [7, 11) is 1.71. The fraction of sp³-hybridized carbons (Fsp3) is 0.100. The zero-order valence-electron chi connectivity index (χ0n) is 9.77. The molecule has 0 aromatic carbocycles. The van der Waals surface area contributed by atoms with Crippen molar-refractivity contribution in [2.24, 2.45) is 7.05 Å². The molecule has 2 aromatic heterocycles. The van der Waals surface area contributed by atoms with E-state index in [-0.39, 0.29) is 11.3 Å². The molecule has 0 amide bonds. The van der Waals surface area contributed by atoms with Crippen LogP contribution in [0.4, 0.5) is 17.2 Å². The number of carboxylic acid groups (broad SMARTS) is 1. The van der Waals surface area contributed by atoms with Crippen LogP contribution in [-0.4, -0.2) is 30.8 Å². The summed E-state index contributed by atoms with van der Waals surface area (Å²) < 4.78 is 1.53. The largest absolute Gasteiger partial charge is 0.478 e. The number of anilines is 2. The maximum absolute atomic E-state index is 11.1. The van der Waals surface area contributed by atoms with E-state index in [9.17, 15) is 14.9 Å². The molecule has 0 bridgehead atoms. The number of pyridine rings is 1. The molecule has 2 N–H and O–H groups in total. The molecule has 0 aliphatic heterocycles. The third-order valence-electron chi connectivity index (χ3n) is 2.29. The van der Waals surface area contributed by atoms with Gasteiger partial charge < -0.3 is 20.5 Å². The Morgan fingerprint density at radius 1 is 1.53 bits per heavy atom. The van der Waals surface area contributed by atoms with Gasteiger partial charge in [0.1, 0.15) is 0 Å². The number of carboxylic acids is 1. The molecule has 0 saturated carbocycles. The second kappa shape index (κ2) is 4.72. The zero-order chi connectivity index (χ0) is 14.0. The van der Waals surface area contributed by atoms with E-state index >= 15 is 0 Å². The van der Waals surface area contributed by atoms with Crippen LogP contribution in [0.3, 0.4) is 0 Å². The SMILES string of the molecule is Cn1cc(Nc2cnc([N+](=O)[O-])cc2C(=O)O)cn1. The summed E-state index contributed by atoms with van der Waals surface area (Å²) in [5.41, 5.74) is 0.484. The van der Waals surface area contributed by atoms with Gasteiger partial charge in [-0.1, -0.05) is 0 Å². The number of aryl methyl sites for hydroxylation is 1. The highest BCUT2D eigenvalue weighted by molar-refractivity contribution is 5.95. The van der Waals surface area contributed by atoms with Crippen LogP contribution in [-0.2, 0) is 7.05 Å². The number of nitro groups is 1. The summed E-state index contributed by atoms with van der Waals surface area (Å²) in [6.07, 6.45) is 4.23. The van der Waals surface area contributed by atoms with Crippen LogP contribution in [0.2, 0.25) is 0 Å². The van der Waals surface area contributed by atoms with Gasteiger partial charge >= 0.3 is 11.8 Å². The zero-order valence-corrected chi connectivity index (χ0v) is 9.77. The minimum atomic E-state index is -1.28.